The minimum absolute atomic E-state index is 0.647. The fraction of sp³-hybridized carbons (Fsp3) is 0.538. The lowest BCUT2D eigenvalue weighted by atomic mass is 10.1. The summed E-state index contributed by atoms with van der Waals surface area (Å²) in [5, 5.41) is 7.16. The summed E-state index contributed by atoms with van der Waals surface area (Å²) in [6.07, 6.45) is 5.21. The second kappa shape index (κ2) is 3.86. The Kier molecular flexibility index (Phi) is 2.37. The van der Waals surface area contributed by atoms with Crippen LogP contribution < -0.4 is 10.6 Å². The summed E-state index contributed by atoms with van der Waals surface area (Å²) in [6.45, 7) is 1.16. The van der Waals surface area contributed by atoms with Crippen LogP contribution in [-0.2, 0) is 6.42 Å². The molecule has 0 radical (unpaired) electrons. The van der Waals surface area contributed by atoms with Crippen LogP contribution in [0, 0.1) is 0 Å². The van der Waals surface area contributed by atoms with Crippen molar-refractivity contribution in [3.63, 3.8) is 0 Å². The summed E-state index contributed by atoms with van der Waals surface area (Å²) in [6, 6.07) is 10.1. The van der Waals surface area contributed by atoms with Gasteiger partial charge in [0.1, 0.15) is 0 Å². The summed E-state index contributed by atoms with van der Waals surface area (Å²) in [5.41, 5.74) is 2.82. The second-order valence-electron chi connectivity index (χ2n) is 4.72. The fourth-order valence-electron chi connectivity index (χ4n) is 2.30. The molecular formula is C13H18N2. The van der Waals surface area contributed by atoms with Crippen molar-refractivity contribution in [2.75, 3.05) is 11.9 Å². The SMILES string of the molecule is c1ccc2c(c1)CC(CCNC1CC1)N2. The van der Waals surface area contributed by atoms with Crippen LogP contribution in [0.3, 0.4) is 0 Å². The third kappa shape index (κ3) is 2.15. The van der Waals surface area contributed by atoms with E-state index in [0.717, 1.165) is 12.6 Å². The molecule has 3 rings (SSSR count). The van der Waals surface area contributed by atoms with Crippen molar-refractivity contribution >= 4 is 5.69 Å². The van der Waals surface area contributed by atoms with Gasteiger partial charge in [0.2, 0.25) is 0 Å². The van der Waals surface area contributed by atoms with E-state index in [2.05, 4.69) is 34.9 Å². The van der Waals surface area contributed by atoms with E-state index in [-0.39, 0.29) is 0 Å². The number of nitrogens with one attached hydrogen (secondary N) is 2. The van der Waals surface area contributed by atoms with Crippen LogP contribution in [0.15, 0.2) is 24.3 Å². The number of benzene rings is 1. The molecular weight excluding hydrogens is 184 g/mol. The van der Waals surface area contributed by atoms with E-state index < -0.39 is 0 Å². The van der Waals surface area contributed by atoms with Gasteiger partial charge in [-0.25, -0.2) is 0 Å². The van der Waals surface area contributed by atoms with Gasteiger partial charge in [0, 0.05) is 17.8 Å². The van der Waals surface area contributed by atoms with Crippen LogP contribution in [0.5, 0.6) is 0 Å². The minimum atomic E-state index is 0.647. The third-order valence-corrected chi connectivity index (χ3v) is 3.35. The Morgan fingerprint density at radius 2 is 2.13 bits per heavy atom. The molecule has 2 nitrogen and oxygen atoms in total. The minimum Gasteiger partial charge on any atom is -0.382 e. The first-order valence-electron chi connectivity index (χ1n) is 5.99. The van der Waals surface area contributed by atoms with E-state index in [9.17, 15) is 0 Å². The maximum absolute atomic E-state index is 3.59. The zero-order valence-corrected chi connectivity index (χ0v) is 9.00. The molecule has 2 aliphatic rings. The molecule has 0 saturated heterocycles. The predicted octanol–water partition coefficient (Wildman–Crippen LogP) is 2.17. The number of hydrogen-bond donors (Lipinski definition) is 2. The molecule has 0 spiro atoms. The van der Waals surface area contributed by atoms with Gasteiger partial charge in [0.15, 0.2) is 0 Å². The van der Waals surface area contributed by atoms with Crippen molar-refractivity contribution in [1.82, 2.24) is 5.32 Å². The Morgan fingerprint density at radius 1 is 1.27 bits per heavy atom. The second-order valence-corrected chi connectivity index (χ2v) is 4.72. The highest BCUT2D eigenvalue weighted by atomic mass is 15.0. The average Bonchev–Trinajstić information content (AvgIpc) is 2.97. The largest absolute Gasteiger partial charge is 0.382 e. The zero-order chi connectivity index (χ0) is 10.1. The Balaban J connectivity index is 1.50. The highest BCUT2D eigenvalue weighted by molar-refractivity contribution is 5.56. The van der Waals surface area contributed by atoms with Crippen molar-refractivity contribution in [2.24, 2.45) is 0 Å². The molecule has 1 aliphatic heterocycles. The van der Waals surface area contributed by atoms with E-state index in [1.807, 2.05) is 0 Å². The lowest BCUT2D eigenvalue weighted by molar-refractivity contribution is 0.592. The van der Waals surface area contributed by atoms with Gasteiger partial charge in [0.25, 0.3) is 0 Å². The van der Waals surface area contributed by atoms with Crippen LogP contribution in [0.2, 0.25) is 0 Å². The van der Waals surface area contributed by atoms with Crippen molar-refractivity contribution in [2.45, 2.75) is 37.8 Å². The monoisotopic (exact) mass is 202 g/mol. The van der Waals surface area contributed by atoms with E-state index in [1.165, 1.54) is 36.9 Å². The Bertz CT molecular complexity index is 319. The van der Waals surface area contributed by atoms with Crippen molar-refractivity contribution < 1.29 is 0 Å². The fourth-order valence-corrected chi connectivity index (χ4v) is 2.30. The number of anilines is 1. The number of para-hydroxylation sites is 1. The van der Waals surface area contributed by atoms with Gasteiger partial charge in [0.05, 0.1) is 0 Å². The summed E-state index contributed by atoms with van der Waals surface area (Å²) in [7, 11) is 0. The molecule has 0 aromatic heterocycles. The normalized spacial score (nSPS) is 23.6. The van der Waals surface area contributed by atoms with Gasteiger partial charge in [-0.1, -0.05) is 18.2 Å². The van der Waals surface area contributed by atoms with Crippen molar-refractivity contribution in [3.8, 4) is 0 Å². The van der Waals surface area contributed by atoms with Crippen LogP contribution in [0.1, 0.15) is 24.8 Å². The maximum atomic E-state index is 3.59. The highest BCUT2D eigenvalue weighted by Crippen LogP contribution is 2.26. The third-order valence-electron chi connectivity index (χ3n) is 3.35. The Morgan fingerprint density at radius 3 is 2.93 bits per heavy atom. The zero-order valence-electron chi connectivity index (χ0n) is 9.00. The molecule has 2 N–H and O–H groups in total. The highest BCUT2D eigenvalue weighted by Gasteiger charge is 2.22. The van der Waals surface area contributed by atoms with E-state index in [1.54, 1.807) is 0 Å². The first-order chi connectivity index (χ1) is 7.42. The molecule has 1 fully saturated rings. The van der Waals surface area contributed by atoms with E-state index >= 15 is 0 Å². The van der Waals surface area contributed by atoms with Gasteiger partial charge >= 0.3 is 0 Å². The van der Waals surface area contributed by atoms with Gasteiger partial charge in [-0.2, -0.15) is 0 Å². The van der Waals surface area contributed by atoms with E-state index in [4.69, 9.17) is 0 Å². The van der Waals surface area contributed by atoms with Crippen LogP contribution in [0.4, 0.5) is 5.69 Å². The van der Waals surface area contributed by atoms with E-state index in [0.29, 0.717) is 6.04 Å². The molecule has 1 atom stereocenters. The van der Waals surface area contributed by atoms with Gasteiger partial charge in [-0.05, 0) is 43.9 Å². The first kappa shape index (κ1) is 9.22. The Labute approximate surface area is 91.1 Å². The number of hydrogen-bond acceptors (Lipinski definition) is 2. The molecule has 1 heterocycles. The lowest BCUT2D eigenvalue weighted by Crippen LogP contribution is -2.25. The van der Waals surface area contributed by atoms with Crippen LogP contribution in [-0.4, -0.2) is 18.6 Å². The molecule has 80 valence electrons. The molecule has 0 bridgehead atoms. The topological polar surface area (TPSA) is 24.1 Å². The van der Waals surface area contributed by atoms with Gasteiger partial charge < -0.3 is 10.6 Å². The molecule has 1 unspecified atom stereocenters. The quantitative estimate of drug-likeness (QED) is 0.782. The molecule has 2 heteroatoms. The summed E-state index contributed by atoms with van der Waals surface area (Å²) < 4.78 is 0. The molecule has 0 amide bonds. The van der Waals surface area contributed by atoms with Crippen LogP contribution >= 0.6 is 0 Å². The first-order valence-corrected chi connectivity index (χ1v) is 5.99. The lowest BCUT2D eigenvalue weighted by Gasteiger charge is -2.11. The van der Waals surface area contributed by atoms with Crippen molar-refractivity contribution in [3.05, 3.63) is 29.8 Å². The number of rotatable bonds is 4. The molecule has 1 saturated carbocycles. The summed E-state index contributed by atoms with van der Waals surface area (Å²) in [4.78, 5) is 0. The number of fused-ring (bicyclic) bond motifs is 1. The summed E-state index contributed by atoms with van der Waals surface area (Å²) >= 11 is 0. The summed E-state index contributed by atoms with van der Waals surface area (Å²) in [5.74, 6) is 0. The standard InChI is InChI=1S/C13H18N2/c1-2-4-13-10(3-1)9-12(15-13)7-8-14-11-5-6-11/h1-4,11-12,14-15H,5-9H2. The van der Waals surface area contributed by atoms with Gasteiger partial charge in [-0.3, -0.25) is 0 Å². The molecule has 1 aliphatic carbocycles. The maximum Gasteiger partial charge on any atom is 0.0375 e. The molecule has 1 aromatic rings. The predicted molar refractivity (Wildman–Crippen MR) is 63.2 cm³/mol. The average molecular weight is 202 g/mol. The molecule has 15 heavy (non-hydrogen) atoms. The smallest absolute Gasteiger partial charge is 0.0375 e. The van der Waals surface area contributed by atoms with Crippen LogP contribution in [0.25, 0.3) is 0 Å². The molecule has 1 aromatic carbocycles. The van der Waals surface area contributed by atoms with Crippen molar-refractivity contribution in [1.29, 1.82) is 0 Å². The van der Waals surface area contributed by atoms with Gasteiger partial charge in [-0.15, -0.1) is 0 Å². The Hall–Kier alpha value is -1.02.